The molecule has 0 spiro atoms. The van der Waals surface area contributed by atoms with E-state index in [9.17, 15) is 5.11 Å². The summed E-state index contributed by atoms with van der Waals surface area (Å²) in [5.41, 5.74) is -0.570. The van der Waals surface area contributed by atoms with Crippen LogP contribution in [0.1, 0.15) is 175 Å². The Hall–Kier alpha value is -1.20. The first kappa shape index (κ1) is 59.4. The van der Waals surface area contributed by atoms with Gasteiger partial charge in [0.25, 0.3) is 0 Å². The highest BCUT2D eigenvalue weighted by Crippen LogP contribution is 2.49. The van der Waals surface area contributed by atoms with E-state index in [2.05, 4.69) is 178 Å². The van der Waals surface area contributed by atoms with Crippen LogP contribution in [0, 0.1) is 100 Å². The molecule has 76 heavy (non-hydrogen) atoms. The molecule has 9 N–H and O–H groups in total. The molecule has 0 aromatic heterocycles. The average Bonchev–Trinajstić information content (AvgIpc) is 4.10. The summed E-state index contributed by atoms with van der Waals surface area (Å²) >= 11 is 0. The highest BCUT2D eigenvalue weighted by atomic mass is 16.5. The molecular weight excluding hydrogens is 949 g/mol. The third kappa shape index (κ3) is 12.3. The molecule has 13 heteroatoms. The lowest BCUT2D eigenvalue weighted by Gasteiger charge is -2.43. The molecule has 0 aromatic rings. The number of aliphatic hydroxyl groups is 1. The van der Waals surface area contributed by atoms with E-state index in [1.165, 1.54) is 12.8 Å². The number of hydrogen-bond acceptors (Lipinski definition) is 13. The smallest absolute Gasteiger partial charge is 0.103 e. The van der Waals surface area contributed by atoms with E-state index < -0.39 is 5.41 Å². The third-order valence-corrected chi connectivity index (χ3v) is 20.7. The molecule has 5 heterocycles. The van der Waals surface area contributed by atoms with Crippen LogP contribution in [0.25, 0.3) is 0 Å². The fraction of sp³-hybridized carbons (Fsp3) is 0.937. The second-order valence-corrected chi connectivity index (χ2v) is 29.3. The first-order valence-electron chi connectivity index (χ1n) is 31.8. The van der Waals surface area contributed by atoms with Crippen LogP contribution in [0.2, 0.25) is 0 Å². The lowest BCUT2D eigenvalue weighted by atomic mass is 9.74. The van der Waals surface area contributed by atoms with Crippen molar-refractivity contribution in [3.63, 3.8) is 0 Å². The molecule has 0 amide bonds. The number of hydrogen-bond donors (Lipinski definition) is 9. The van der Waals surface area contributed by atoms with E-state index >= 15 is 0 Å². The number of ether oxygens (including phenoxy) is 4. The molecule has 5 aliphatic heterocycles. The van der Waals surface area contributed by atoms with Gasteiger partial charge in [-0.25, -0.2) is 0 Å². The maximum absolute atomic E-state index is 11.2. The zero-order valence-electron chi connectivity index (χ0n) is 50.8. The third-order valence-electron chi connectivity index (χ3n) is 20.7. The predicted octanol–water partition coefficient (Wildman–Crippen LogP) is 9.21. The summed E-state index contributed by atoms with van der Waals surface area (Å²) in [5.74, 6) is 6.11. The van der Waals surface area contributed by atoms with Gasteiger partial charge in [0.1, 0.15) is 11.9 Å². The summed E-state index contributed by atoms with van der Waals surface area (Å²) in [5, 5.41) is 46.3. The molecule has 8 bridgehead atoms. The maximum Gasteiger partial charge on any atom is 0.103 e. The van der Waals surface area contributed by atoms with Gasteiger partial charge in [-0.05, 0) is 110 Å². The van der Waals surface area contributed by atoms with Crippen LogP contribution in [-0.4, -0.2) is 104 Å². The van der Waals surface area contributed by atoms with Crippen molar-refractivity contribution in [3.05, 3.63) is 24.0 Å². The summed E-state index contributed by atoms with van der Waals surface area (Å²) in [6, 6.07) is 0. The minimum atomic E-state index is -0.570. The van der Waals surface area contributed by atoms with Crippen LogP contribution < -0.4 is 42.5 Å². The highest BCUT2D eigenvalue weighted by Gasteiger charge is 2.59. The lowest BCUT2D eigenvalue weighted by Crippen LogP contribution is -2.62. The predicted molar refractivity (Wildman–Crippen MR) is 307 cm³/mol. The minimum Gasteiger partial charge on any atom is -0.494 e. The van der Waals surface area contributed by atoms with Crippen molar-refractivity contribution >= 4 is 0 Å². The van der Waals surface area contributed by atoms with Crippen LogP contribution in [0.5, 0.6) is 0 Å². The van der Waals surface area contributed by atoms with Crippen LogP contribution in [0.3, 0.4) is 0 Å². The molecule has 9 rings (SSSR count). The van der Waals surface area contributed by atoms with Gasteiger partial charge >= 0.3 is 0 Å². The van der Waals surface area contributed by atoms with Gasteiger partial charge in [-0.15, -0.1) is 0 Å². The molecule has 8 fully saturated rings. The Kier molecular flexibility index (Phi) is 19.3. The summed E-state index contributed by atoms with van der Waals surface area (Å²) in [7, 11) is 0. The standard InChI is InChI=1S/C63H114N8O5/c1-31(2)51(32(3)4)73-43-24-18-21-39-47(43)59-64-55(39)65-60-48-41(23-20-25-44(48)74-52(33(5)6)34(7)8)57(68-60)69-62-50-42(27-28-63(17,30-72)29-46(50)76-54(37(13)14)38(15)16)58(71-62)70-61-49-40(56(66-59)67-61)22-19-26-45(49)75-53(35(9)10)36(11)12/h27-29,31-45,47-62,64-72H,18-26,30H2,1-17H3. The van der Waals surface area contributed by atoms with E-state index in [4.69, 9.17) is 18.9 Å². The van der Waals surface area contributed by atoms with Crippen LogP contribution >= 0.6 is 0 Å². The second-order valence-electron chi connectivity index (χ2n) is 29.3. The number of rotatable bonds is 17. The van der Waals surface area contributed by atoms with E-state index in [1.54, 1.807) is 0 Å². The van der Waals surface area contributed by atoms with Gasteiger partial charge in [-0.2, -0.15) is 0 Å². The summed E-state index contributed by atoms with van der Waals surface area (Å²) in [6.45, 7) is 39.5. The fourth-order valence-corrected chi connectivity index (χ4v) is 17.5. The molecule has 3 saturated carbocycles. The van der Waals surface area contributed by atoms with Crippen molar-refractivity contribution in [1.82, 2.24) is 42.5 Å². The van der Waals surface area contributed by atoms with Gasteiger partial charge in [0, 0.05) is 29.1 Å². The van der Waals surface area contributed by atoms with E-state index in [-0.39, 0.29) is 122 Å². The SMILES string of the molecule is CC(C)C(OC1=CC(C)(CO)C=CC2C3NC(NC4NC(NC5NC(NC6NC(N3)C3C(OC(C(C)C)C(C)C)CCCC63)C3C(OC(C(C)C)C(C)C)CCCC53)C3C(OC(C(C)C)C(C)C)CCCC43)C12)C(C)C. The Balaban J connectivity index is 1.16. The van der Waals surface area contributed by atoms with Crippen molar-refractivity contribution < 1.29 is 24.1 Å². The summed E-state index contributed by atoms with van der Waals surface area (Å²) in [4.78, 5) is 0. The zero-order valence-corrected chi connectivity index (χ0v) is 50.8. The van der Waals surface area contributed by atoms with Crippen molar-refractivity contribution in [1.29, 1.82) is 0 Å². The Bertz CT molecular complexity index is 1900. The number of aliphatic hydroxyl groups excluding tert-OH is 1. The largest absolute Gasteiger partial charge is 0.494 e. The zero-order chi connectivity index (χ0) is 54.7. The van der Waals surface area contributed by atoms with E-state index in [1.807, 2.05) is 0 Å². The molecule has 5 saturated heterocycles. The van der Waals surface area contributed by atoms with Gasteiger partial charge < -0.3 is 24.1 Å². The van der Waals surface area contributed by atoms with Crippen LogP contribution in [-0.2, 0) is 18.9 Å². The van der Waals surface area contributed by atoms with Crippen molar-refractivity contribution in [2.24, 2.45) is 100 Å². The van der Waals surface area contributed by atoms with E-state index in [0.29, 0.717) is 71.0 Å². The second kappa shape index (κ2) is 24.7. The van der Waals surface area contributed by atoms with Gasteiger partial charge in [-0.1, -0.05) is 149 Å². The van der Waals surface area contributed by atoms with Gasteiger partial charge in [-0.3, -0.25) is 42.5 Å². The molecule has 13 nitrogen and oxygen atoms in total. The molecule has 0 radical (unpaired) electrons. The Morgan fingerprint density at radius 1 is 0.434 bits per heavy atom. The Labute approximate surface area is 463 Å². The van der Waals surface area contributed by atoms with Gasteiger partial charge in [0.05, 0.1) is 98.5 Å². The highest BCUT2D eigenvalue weighted by molar-refractivity contribution is 5.27. The first-order valence-corrected chi connectivity index (χ1v) is 31.8. The Morgan fingerprint density at radius 2 is 0.750 bits per heavy atom. The topological polar surface area (TPSA) is 153 Å². The van der Waals surface area contributed by atoms with Crippen LogP contribution in [0.4, 0.5) is 0 Å². The van der Waals surface area contributed by atoms with Crippen molar-refractivity contribution in [2.75, 3.05) is 6.61 Å². The molecule has 20 atom stereocenters. The van der Waals surface area contributed by atoms with Gasteiger partial charge in [0.2, 0.25) is 0 Å². The summed E-state index contributed by atoms with van der Waals surface area (Å²) in [6.07, 6.45) is 18.1. The molecule has 436 valence electrons. The number of nitrogens with one attached hydrogen (secondary N) is 8. The molecule has 0 aromatic carbocycles. The first-order chi connectivity index (χ1) is 36.1. The average molecular weight is 1060 g/mol. The Morgan fingerprint density at radius 3 is 1.08 bits per heavy atom. The molecule has 20 unspecified atom stereocenters. The fourth-order valence-electron chi connectivity index (χ4n) is 17.5. The molecule has 9 aliphatic rings. The van der Waals surface area contributed by atoms with Gasteiger partial charge in [0.15, 0.2) is 0 Å². The lowest BCUT2D eigenvalue weighted by molar-refractivity contribution is -0.114. The van der Waals surface area contributed by atoms with Crippen molar-refractivity contribution in [2.45, 2.75) is 268 Å². The maximum atomic E-state index is 11.2. The molecular formula is C63H114N8O5. The molecule has 4 aliphatic carbocycles. The number of fused-ring (bicyclic) bond motifs is 20. The minimum absolute atomic E-state index is 0.0108. The monoisotopic (exact) mass is 1060 g/mol. The van der Waals surface area contributed by atoms with Crippen LogP contribution in [0.15, 0.2) is 24.0 Å². The quantitative estimate of drug-likeness (QED) is 0.0638. The van der Waals surface area contributed by atoms with E-state index in [0.717, 1.165) is 50.7 Å². The normalized spacial score (nSPS) is 41.7. The summed E-state index contributed by atoms with van der Waals surface area (Å²) < 4.78 is 29.9. The van der Waals surface area contributed by atoms with Crippen molar-refractivity contribution in [3.8, 4) is 0 Å².